The Labute approximate surface area is 161 Å². The Balaban J connectivity index is 1.84. The van der Waals surface area contributed by atoms with E-state index in [1.807, 2.05) is 0 Å². The van der Waals surface area contributed by atoms with E-state index in [0.717, 1.165) is 0 Å². The Hall–Kier alpha value is -3.59. The third kappa shape index (κ3) is 4.38. The summed E-state index contributed by atoms with van der Waals surface area (Å²) < 4.78 is 32.8. The van der Waals surface area contributed by atoms with E-state index in [4.69, 9.17) is 9.84 Å². The van der Waals surface area contributed by atoms with Gasteiger partial charge in [-0.05, 0) is 60.7 Å². The lowest BCUT2D eigenvalue weighted by molar-refractivity contribution is 0.0697. The van der Waals surface area contributed by atoms with Gasteiger partial charge < -0.3 is 15.2 Å². The van der Waals surface area contributed by atoms with Crippen molar-refractivity contribution in [1.82, 2.24) is 4.98 Å². The van der Waals surface area contributed by atoms with Crippen LogP contribution in [0.5, 0.6) is 5.75 Å². The van der Waals surface area contributed by atoms with Crippen LogP contribution >= 0.6 is 0 Å². The number of pyridine rings is 1. The van der Waals surface area contributed by atoms with Crippen LogP contribution in [0.1, 0.15) is 10.4 Å². The average Bonchev–Trinajstić information content (AvgIpc) is 2.70. The molecule has 0 spiro atoms. The molecule has 3 rings (SSSR count). The minimum Gasteiger partial charge on any atom is -0.497 e. The summed E-state index contributed by atoms with van der Waals surface area (Å²) in [7, 11) is -2.34. The van der Waals surface area contributed by atoms with E-state index in [1.165, 1.54) is 37.6 Å². The van der Waals surface area contributed by atoms with Gasteiger partial charge in [0.1, 0.15) is 5.75 Å². The summed E-state index contributed by atoms with van der Waals surface area (Å²) >= 11 is 0. The second kappa shape index (κ2) is 7.97. The van der Waals surface area contributed by atoms with Crippen molar-refractivity contribution < 1.29 is 23.1 Å². The first-order valence-electron chi connectivity index (χ1n) is 8.11. The molecule has 3 aromatic rings. The number of carboxylic acids is 1. The fraction of sp³-hybridized carbons (Fsp3) is 0.0526. The number of benzene rings is 2. The first-order valence-corrected chi connectivity index (χ1v) is 9.59. The van der Waals surface area contributed by atoms with Crippen molar-refractivity contribution in [2.45, 2.75) is 4.90 Å². The molecular formula is C19H17N3O5S. The monoisotopic (exact) mass is 399 g/mol. The molecule has 0 aliphatic carbocycles. The number of hydrogen-bond acceptors (Lipinski definition) is 6. The van der Waals surface area contributed by atoms with E-state index < -0.39 is 16.0 Å². The zero-order valence-electron chi connectivity index (χ0n) is 14.8. The predicted molar refractivity (Wildman–Crippen MR) is 105 cm³/mol. The van der Waals surface area contributed by atoms with Crippen LogP contribution in [-0.4, -0.2) is 31.6 Å². The number of rotatable bonds is 7. The number of sulfonamides is 1. The fourth-order valence-corrected chi connectivity index (χ4v) is 3.45. The molecule has 144 valence electrons. The number of carboxylic acid groups (broad SMARTS) is 1. The maximum absolute atomic E-state index is 12.7. The second-order valence-corrected chi connectivity index (χ2v) is 7.37. The number of nitrogens with zero attached hydrogens (tertiary/aromatic N) is 1. The van der Waals surface area contributed by atoms with Crippen LogP contribution in [0.15, 0.2) is 71.8 Å². The molecule has 2 aromatic carbocycles. The quantitative estimate of drug-likeness (QED) is 0.558. The number of hydrogen-bond donors (Lipinski definition) is 3. The molecule has 0 unspecified atom stereocenters. The highest BCUT2D eigenvalue weighted by Gasteiger charge is 2.17. The highest BCUT2D eigenvalue weighted by molar-refractivity contribution is 7.92. The number of aromatic carboxylic acids is 1. The molecule has 3 N–H and O–H groups in total. The number of ether oxygens (including phenoxy) is 1. The highest BCUT2D eigenvalue weighted by Crippen LogP contribution is 2.26. The van der Waals surface area contributed by atoms with Gasteiger partial charge in [0.15, 0.2) is 5.82 Å². The van der Waals surface area contributed by atoms with Crippen LogP contribution in [0.4, 0.5) is 17.2 Å². The number of aromatic nitrogens is 1. The first kappa shape index (κ1) is 19.2. The molecule has 28 heavy (non-hydrogen) atoms. The molecule has 0 atom stereocenters. The van der Waals surface area contributed by atoms with E-state index in [0.29, 0.717) is 11.4 Å². The van der Waals surface area contributed by atoms with E-state index in [-0.39, 0.29) is 22.0 Å². The molecule has 1 aromatic heterocycles. The van der Waals surface area contributed by atoms with Crippen molar-refractivity contribution in [3.63, 3.8) is 0 Å². The van der Waals surface area contributed by atoms with Gasteiger partial charge in [0, 0.05) is 11.9 Å². The molecule has 0 saturated heterocycles. The maximum Gasteiger partial charge on any atom is 0.335 e. The molecule has 0 aliphatic heterocycles. The largest absolute Gasteiger partial charge is 0.497 e. The third-order valence-electron chi connectivity index (χ3n) is 3.82. The van der Waals surface area contributed by atoms with Crippen molar-refractivity contribution in [3.05, 3.63) is 72.4 Å². The Morgan fingerprint density at radius 3 is 2.32 bits per heavy atom. The van der Waals surface area contributed by atoms with Crippen molar-refractivity contribution in [1.29, 1.82) is 0 Å². The Morgan fingerprint density at radius 2 is 1.71 bits per heavy atom. The van der Waals surface area contributed by atoms with Crippen molar-refractivity contribution in [3.8, 4) is 5.75 Å². The molecule has 0 saturated carbocycles. The third-order valence-corrected chi connectivity index (χ3v) is 5.20. The van der Waals surface area contributed by atoms with E-state index in [9.17, 15) is 13.2 Å². The molecular weight excluding hydrogens is 382 g/mol. The van der Waals surface area contributed by atoms with Crippen molar-refractivity contribution >= 4 is 33.2 Å². The van der Waals surface area contributed by atoms with E-state index >= 15 is 0 Å². The van der Waals surface area contributed by atoms with Crippen LogP contribution < -0.4 is 14.8 Å². The Morgan fingerprint density at radius 1 is 1.04 bits per heavy atom. The summed E-state index contributed by atoms with van der Waals surface area (Å²) in [6.07, 6.45) is 1.51. The molecule has 0 aliphatic rings. The summed E-state index contributed by atoms with van der Waals surface area (Å²) in [6.45, 7) is 0. The molecule has 0 fully saturated rings. The number of carbonyl (C=O) groups is 1. The summed E-state index contributed by atoms with van der Waals surface area (Å²) in [6, 6.07) is 15.2. The minimum absolute atomic E-state index is 0.0777. The van der Waals surface area contributed by atoms with Gasteiger partial charge in [0.05, 0.1) is 23.3 Å². The molecule has 8 nitrogen and oxygen atoms in total. The number of nitrogens with one attached hydrogen (secondary N) is 2. The fourth-order valence-electron chi connectivity index (χ4n) is 2.38. The number of methoxy groups -OCH3 is 1. The summed E-state index contributed by atoms with van der Waals surface area (Å²) in [5.41, 5.74) is 0.959. The summed E-state index contributed by atoms with van der Waals surface area (Å²) in [4.78, 5) is 15.2. The van der Waals surface area contributed by atoms with Crippen molar-refractivity contribution in [2.75, 3.05) is 17.1 Å². The van der Waals surface area contributed by atoms with Gasteiger partial charge in [-0.15, -0.1) is 0 Å². The average molecular weight is 399 g/mol. The number of anilines is 3. The Bertz CT molecular complexity index is 1080. The van der Waals surface area contributed by atoms with Gasteiger partial charge in [-0.2, -0.15) is 0 Å². The van der Waals surface area contributed by atoms with Gasteiger partial charge in [-0.1, -0.05) is 0 Å². The lowest BCUT2D eigenvalue weighted by Gasteiger charge is -2.13. The van der Waals surface area contributed by atoms with Crippen LogP contribution in [-0.2, 0) is 10.0 Å². The van der Waals surface area contributed by atoms with Crippen molar-refractivity contribution in [2.24, 2.45) is 0 Å². The maximum atomic E-state index is 12.7. The lowest BCUT2D eigenvalue weighted by Crippen LogP contribution is -2.14. The van der Waals surface area contributed by atoms with E-state index in [1.54, 1.807) is 36.4 Å². The van der Waals surface area contributed by atoms with Crippen LogP contribution in [0.2, 0.25) is 0 Å². The zero-order chi connectivity index (χ0) is 20.1. The predicted octanol–water partition coefficient (Wildman–Crippen LogP) is 3.33. The molecule has 1 heterocycles. The standard InChI is InChI=1S/C19H17N3O5S/c1-27-15-8-10-16(11-9-15)28(25,26)22-17-3-2-12-20-18(17)21-14-6-4-13(5-7-14)19(23)24/h2-12,22H,1H3,(H,20,21)(H,23,24). The molecule has 9 heteroatoms. The second-order valence-electron chi connectivity index (χ2n) is 5.69. The van der Waals surface area contributed by atoms with Crippen LogP contribution in [0.25, 0.3) is 0 Å². The highest BCUT2D eigenvalue weighted by atomic mass is 32.2. The Kier molecular flexibility index (Phi) is 5.46. The van der Waals surface area contributed by atoms with Gasteiger partial charge in [0.25, 0.3) is 10.0 Å². The van der Waals surface area contributed by atoms with Gasteiger partial charge >= 0.3 is 5.97 Å². The first-order chi connectivity index (χ1) is 13.4. The summed E-state index contributed by atoms with van der Waals surface area (Å²) in [5, 5.41) is 11.9. The zero-order valence-corrected chi connectivity index (χ0v) is 15.6. The smallest absolute Gasteiger partial charge is 0.335 e. The normalized spacial score (nSPS) is 10.9. The summed E-state index contributed by atoms with van der Waals surface area (Å²) in [5.74, 6) is -0.201. The van der Waals surface area contributed by atoms with E-state index in [2.05, 4.69) is 15.0 Å². The SMILES string of the molecule is COc1ccc(S(=O)(=O)Nc2cccnc2Nc2ccc(C(=O)O)cc2)cc1. The van der Waals surface area contributed by atoms with Gasteiger partial charge in [-0.25, -0.2) is 18.2 Å². The molecule has 0 bridgehead atoms. The lowest BCUT2D eigenvalue weighted by atomic mass is 10.2. The topological polar surface area (TPSA) is 118 Å². The minimum atomic E-state index is -3.83. The van der Waals surface area contributed by atoms with Crippen LogP contribution in [0, 0.1) is 0 Å². The molecule has 0 radical (unpaired) electrons. The van der Waals surface area contributed by atoms with Gasteiger partial charge in [0.2, 0.25) is 0 Å². The van der Waals surface area contributed by atoms with Crippen LogP contribution in [0.3, 0.4) is 0 Å². The van der Waals surface area contributed by atoms with Gasteiger partial charge in [-0.3, -0.25) is 4.72 Å². The molecule has 0 amide bonds.